The van der Waals surface area contributed by atoms with Crippen molar-refractivity contribution in [2.75, 3.05) is 42.9 Å². The lowest BCUT2D eigenvalue weighted by molar-refractivity contribution is -0.132. The van der Waals surface area contributed by atoms with E-state index < -0.39 is 5.41 Å². The van der Waals surface area contributed by atoms with E-state index in [1.807, 2.05) is 54.3 Å². The SMILES string of the molecule is Cc1ccccc1NC(=O)N1CCC[C@]2(C(=O)NCC3CC3)CN(c3ccccn3)C[C@@H]2C1. The average Bonchev–Trinajstić information content (AvgIpc) is 3.62. The summed E-state index contributed by atoms with van der Waals surface area (Å²) in [4.78, 5) is 35.5. The zero-order chi connectivity index (χ0) is 22.8. The predicted octanol–water partition coefficient (Wildman–Crippen LogP) is 3.67. The number of hydrogen-bond donors (Lipinski definition) is 2. The summed E-state index contributed by atoms with van der Waals surface area (Å²) < 4.78 is 0. The molecule has 1 aromatic heterocycles. The number of benzene rings is 1. The molecule has 2 aromatic rings. The zero-order valence-electron chi connectivity index (χ0n) is 19.3. The first-order valence-electron chi connectivity index (χ1n) is 12.1. The Kier molecular flexibility index (Phi) is 5.96. The van der Waals surface area contributed by atoms with Crippen LogP contribution < -0.4 is 15.5 Å². The second-order valence-corrected chi connectivity index (χ2v) is 9.87. The molecule has 1 aliphatic carbocycles. The van der Waals surface area contributed by atoms with Gasteiger partial charge >= 0.3 is 6.03 Å². The maximum atomic E-state index is 13.6. The fraction of sp³-hybridized carbons (Fsp3) is 0.500. The molecule has 3 heterocycles. The molecule has 2 saturated heterocycles. The Bertz CT molecular complexity index is 1010. The monoisotopic (exact) mass is 447 g/mol. The number of nitrogens with zero attached hydrogens (tertiary/aromatic N) is 3. The fourth-order valence-electron chi connectivity index (χ4n) is 5.35. The molecule has 33 heavy (non-hydrogen) atoms. The highest BCUT2D eigenvalue weighted by molar-refractivity contribution is 5.90. The lowest BCUT2D eigenvalue weighted by atomic mass is 9.74. The molecule has 5 rings (SSSR count). The Morgan fingerprint density at radius 1 is 1.12 bits per heavy atom. The summed E-state index contributed by atoms with van der Waals surface area (Å²) in [6.45, 7) is 5.37. The van der Waals surface area contributed by atoms with Crippen LogP contribution in [0.5, 0.6) is 0 Å². The first kappa shape index (κ1) is 21.7. The number of carbonyl (C=O) groups is 2. The number of carbonyl (C=O) groups excluding carboxylic acids is 2. The van der Waals surface area contributed by atoms with Gasteiger partial charge in [0.2, 0.25) is 5.91 Å². The van der Waals surface area contributed by atoms with Crippen molar-refractivity contribution in [3.05, 3.63) is 54.2 Å². The van der Waals surface area contributed by atoms with Crippen molar-refractivity contribution < 1.29 is 9.59 Å². The number of likely N-dealkylation sites (tertiary alicyclic amines) is 1. The number of pyridine rings is 1. The molecule has 3 fully saturated rings. The first-order chi connectivity index (χ1) is 16.0. The van der Waals surface area contributed by atoms with Gasteiger partial charge in [-0.15, -0.1) is 0 Å². The summed E-state index contributed by atoms with van der Waals surface area (Å²) in [5, 5.41) is 6.34. The Morgan fingerprint density at radius 2 is 1.94 bits per heavy atom. The summed E-state index contributed by atoms with van der Waals surface area (Å²) in [7, 11) is 0. The van der Waals surface area contributed by atoms with Gasteiger partial charge in [-0.3, -0.25) is 4.79 Å². The molecule has 3 aliphatic rings. The minimum absolute atomic E-state index is 0.0591. The number of anilines is 2. The Morgan fingerprint density at radius 3 is 2.70 bits per heavy atom. The van der Waals surface area contributed by atoms with E-state index >= 15 is 0 Å². The summed E-state index contributed by atoms with van der Waals surface area (Å²) >= 11 is 0. The molecule has 7 nitrogen and oxygen atoms in total. The van der Waals surface area contributed by atoms with Crippen LogP contribution in [-0.4, -0.2) is 54.5 Å². The van der Waals surface area contributed by atoms with Crippen molar-refractivity contribution in [3.8, 4) is 0 Å². The summed E-state index contributed by atoms with van der Waals surface area (Å²) in [6, 6.07) is 13.6. The third-order valence-corrected chi connectivity index (χ3v) is 7.53. The Hall–Kier alpha value is -3.09. The van der Waals surface area contributed by atoms with Crippen molar-refractivity contribution in [3.63, 3.8) is 0 Å². The van der Waals surface area contributed by atoms with Crippen molar-refractivity contribution >= 4 is 23.4 Å². The normalized spacial score (nSPS) is 24.7. The van der Waals surface area contributed by atoms with Gasteiger partial charge in [-0.2, -0.15) is 0 Å². The number of para-hydroxylation sites is 1. The molecule has 2 aliphatic heterocycles. The highest BCUT2D eigenvalue weighted by atomic mass is 16.2. The molecular formula is C26H33N5O2. The predicted molar refractivity (Wildman–Crippen MR) is 129 cm³/mol. The molecule has 174 valence electrons. The van der Waals surface area contributed by atoms with E-state index in [9.17, 15) is 9.59 Å². The third-order valence-electron chi connectivity index (χ3n) is 7.53. The van der Waals surface area contributed by atoms with Crippen LogP contribution in [0, 0.1) is 24.2 Å². The molecule has 2 N–H and O–H groups in total. The number of rotatable bonds is 5. The molecule has 0 unspecified atom stereocenters. The van der Waals surface area contributed by atoms with Crippen LogP contribution in [0.25, 0.3) is 0 Å². The number of fused-ring (bicyclic) bond motifs is 1. The van der Waals surface area contributed by atoms with Gasteiger partial charge in [-0.1, -0.05) is 24.3 Å². The van der Waals surface area contributed by atoms with E-state index in [4.69, 9.17) is 0 Å². The summed E-state index contributed by atoms with van der Waals surface area (Å²) in [5.74, 6) is 1.75. The average molecular weight is 448 g/mol. The molecule has 3 amide bonds. The third kappa shape index (κ3) is 4.54. The maximum absolute atomic E-state index is 13.6. The van der Waals surface area contributed by atoms with E-state index in [1.165, 1.54) is 12.8 Å². The van der Waals surface area contributed by atoms with Gasteiger partial charge < -0.3 is 20.4 Å². The molecule has 0 spiro atoms. The number of aromatic nitrogens is 1. The van der Waals surface area contributed by atoms with Gasteiger partial charge in [0.1, 0.15) is 5.82 Å². The maximum Gasteiger partial charge on any atom is 0.321 e. The van der Waals surface area contributed by atoms with Gasteiger partial charge in [0.25, 0.3) is 0 Å². The highest BCUT2D eigenvalue weighted by Crippen LogP contribution is 2.44. The summed E-state index contributed by atoms with van der Waals surface area (Å²) in [6.07, 6.45) is 5.81. The molecule has 1 aromatic carbocycles. The van der Waals surface area contributed by atoms with Crippen molar-refractivity contribution in [1.29, 1.82) is 0 Å². The second kappa shape index (κ2) is 9.04. The van der Waals surface area contributed by atoms with E-state index in [2.05, 4.69) is 20.5 Å². The number of amides is 3. The standard InChI is InChI=1S/C26H33N5O2/c1-19-7-2-3-8-22(19)29-25(33)30-14-6-12-26(24(32)28-15-20-10-11-20)18-31(17-21(26)16-30)23-9-4-5-13-27-23/h2-5,7-9,13,20-21H,6,10-12,14-18H2,1H3,(H,28,32)(H,29,33)/t21-,26-/m0/s1. The van der Waals surface area contributed by atoms with Crippen LogP contribution >= 0.6 is 0 Å². The zero-order valence-corrected chi connectivity index (χ0v) is 19.3. The van der Waals surface area contributed by atoms with Gasteiger partial charge in [0.05, 0.1) is 5.41 Å². The van der Waals surface area contributed by atoms with Gasteiger partial charge in [-0.25, -0.2) is 9.78 Å². The largest absolute Gasteiger partial charge is 0.355 e. The smallest absolute Gasteiger partial charge is 0.321 e. The topological polar surface area (TPSA) is 77.6 Å². The molecule has 0 bridgehead atoms. The van der Waals surface area contributed by atoms with Crippen LogP contribution in [0.4, 0.5) is 16.3 Å². The van der Waals surface area contributed by atoms with E-state index in [0.717, 1.165) is 43.0 Å². The van der Waals surface area contributed by atoms with Gasteiger partial charge in [-0.05, 0) is 62.3 Å². The molecule has 1 saturated carbocycles. The Balaban J connectivity index is 1.36. The van der Waals surface area contributed by atoms with Crippen LogP contribution in [0.3, 0.4) is 0 Å². The van der Waals surface area contributed by atoms with Crippen LogP contribution in [0.2, 0.25) is 0 Å². The Labute approximate surface area is 195 Å². The lowest BCUT2D eigenvalue weighted by Gasteiger charge is -2.32. The van der Waals surface area contributed by atoms with Crippen LogP contribution in [0.1, 0.15) is 31.2 Å². The minimum atomic E-state index is -0.496. The van der Waals surface area contributed by atoms with E-state index in [1.54, 1.807) is 6.20 Å². The highest BCUT2D eigenvalue weighted by Gasteiger charge is 2.53. The number of urea groups is 1. The number of hydrogen-bond acceptors (Lipinski definition) is 4. The van der Waals surface area contributed by atoms with Crippen molar-refractivity contribution in [2.24, 2.45) is 17.3 Å². The molecule has 7 heteroatoms. The van der Waals surface area contributed by atoms with E-state index in [0.29, 0.717) is 25.6 Å². The minimum Gasteiger partial charge on any atom is -0.355 e. The number of nitrogens with one attached hydrogen (secondary N) is 2. The van der Waals surface area contributed by atoms with Crippen LogP contribution in [0.15, 0.2) is 48.7 Å². The van der Waals surface area contributed by atoms with E-state index in [-0.39, 0.29) is 17.9 Å². The van der Waals surface area contributed by atoms with Crippen molar-refractivity contribution in [1.82, 2.24) is 15.2 Å². The molecule has 2 atom stereocenters. The molecular weight excluding hydrogens is 414 g/mol. The first-order valence-corrected chi connectivity index (χ1v) is 12.1. The quantitative estimate of drug-likeness (QED) is 0.733. The lowest BCUT2D eigenvalue weighted by Crippen LogP contribution is -2.49. The number of aryl methyl sites for hydroxylation is 1. The fourth-order valence-corrected chi connectivity index (χ4v) is 5.35. The van der Waals surface area contributed by atoms with Crippen molar-refractivity contribution in [2.45, 2.75) is 32.6 Å². The van der Waals surface area contributed by atoms with Gasteiger partial charge in [0, 0.05) is 50.5 Å². The van der Waals surface area contributed by atoms with Gasteiger partial charge in [0.15, 0.2) is 0 Å². The van der Waals surface area contributed by atoms with Crippen LogP contribution in [-0.2, 0) is 4.79 Å². The second-order valence-electron chi connectivity index (χ2n) is 9.87. The summed E-state index contributed by atoms with van der Waals surface area (Å²) in [5.41, 5.74) is 1.38. The molecule has 0 radical (unpaired) electrons.